The van der Waals surface area contributed by atoms with Gasteiger partial charge in [0.2, 0.25) is 5.91 Å². The highest BCUT2D eigenvalue weighted by molar-refractivity contribution is 5.96. The van der Waals surface area contributed by atoms with E-state index in [0.29, 0.717) is 6.42 Å². The molecule has 3 nitrogen and oxygen atoms in total. The molecule has 0 spiro atoms. The highest BCUT2D eigenvalue weighted by Crippen LogP contribution is 2.04. The summed E-state index contributed by atoms with van der Waals surface area (Å²) in [5.41, 5.74) is 0. The van der Waals surface area contributed by atoms with Crippen molar-refractivity contribution in [1.29, 1.82) is 0 Å². The van der Waals surface area contributed by atoms with Crippen LogP contribution in [0.15, 0.2) is 4.99 Å². The molecule has 0 saturated heterocycles. The molecule has 62 valence electrons. The largest absolute Gasteiger partial charge is 0.304 e. The number of amides is 1. The van der Waals surface area contributed by atoms with Gasteiger partial charge < -0.3 is 4.90 Å². The Kier molecular flexibility index (Phi) is 2.63. The molecule has 1 rings (SSSR count). The van der Waals surface area contributed by atoms with Gasteiger partial charge >= 0.3 is 0 Å². The van der Waals surface area contributed by atoms with Crippen molar-refractivity contribution in [2.24, 2.45) is 4.99 Å². The Balaban J connectivity index is 2.68. The summed E-state index contributed by atoms with van der Waals surface area (Å²) in [6, 6.07) is 0. The van der Waals surface area contributed by atoms with Crippen molar-refractivity contribution in [1.82, 2.24) is 4.90 Å². The summed E-state index contributed by atoms with van der Waals surface area (Å²) >= 11 is 0. The van der Waals surface area contributed by atoms with E-state index in [1.54, 1.807) is 11.9 Å². The molecule has 1 heterocycles. The van der Waals surface area contributed by atoms with Crippen molar-refractivity contribution in [2.75, 3.05) is 13.6 Å². The summed E-state index contributed by atoms with van der Waals surface area (Å²) in [5.74, 6) is 1.03. The van der Waals surface area contributed by atoms with Crippen molar-refractivity contribution in [3.05, 3.63) is 0 Å². The zero-order valence-corrected chi connectivity index (χ0v) is 7.13. The van der Waals surface area contributed by atoms with E-state index in [2.05, 4.69) is 4.99 Å². The normalized spacial score (nSPS) is 20.7. The predicted molar refractivity (Wildman–Crippen MR) is 44.6 cm³/mol. The number of rotatable bonds is 0. The minimum absolute atomic E-state index is 0.186. The number of carbonyl (C=O) groups is 1. The van der Waals surface area contributed by atoms with Gasteiger partial charge in [-0.3, -0.25) is 9.79 Å². The van der Waals surface area contributed by atoms with E-state index in [1.807, 2.05) is 6.92 Å². The van der Waals surface area contributed by atoms with Gasteiger partial charge in [0.05, 0.1) is 0 Å². The summed E-state index contributed by atoms with van der Waals surface area (Å²) < 4.78 is 0. The van der Waals surface area contributed by atoms with E-state index in [9.17, 15) is 4.79 Å². The third-order valence-electron chi connectivity index (χ3n) is 2.00. The number of hydrogen-bond donors (Lipinski definition) is 0. The van der Waals surface area contributed by atoms with E-state index in [1.165, 1.54) is 0 Å². The Morgan fingerprint density at radius 2 is 2.18 bits per heavy atom. The van der Waals surface area contributed by atoms with Crippen LogP contribution in [0.2, 0.25) is 0 Å². The Labute approximate surface area is 67.1 Å². The second kappa shape index (κ2) is 3.51. The highest BCUT2D eigenvalue weighted by Gasteiger charge is 2.12. The first kappa shape index (κ1) is 8.24. The molecule has 0 aromatic heterocycles. The van der Waals surface area contributed by atoms with Crippen LogP contribution in [0.3, 0.4) is 0 Å². The zero-order chi connectivity index (χ0) is 8.27. The molecule has 1 aliphatic heterocycles. The van der Waals surface area contributed by atoms with Crippen LogP contribution in [-0.2, 0) is 4.79 Å². The van der Waals surface area contributed by atoms with E-state index in [0.717, 1.165) is 25.2 Å². The highest BCUT2D eigenvalue weighted by atomic mass is 16.2. The first-order chi connectivity index (χ1) is 5.22. The molecule has 0 radical (unpaired) electrons. The SMILES string of the molecule is CC1=NCCCCC(=O)N1C. The average molecular weight is 154 g/mol. The van der Waals surface area contributed by atoms with Crippen LogP contribution in [-0.4, -0.2) is 30.2 Å². The van der Waals surface area contributed by atoms with Crippen molar-refractivity contribution < 1.29 is 4.79 Å². The summed E-state index contributed by atoms with van der Waals surface area (Å²) in [4.78, 5) is 17.1. The quantitative estimate of drug-likeness (QED) is 0.513. The average Bonchev–Trinajstić information content (AvgIpc) is 2.00. The molecule has 0 bridgehead atoms. The molecule has 0 fully saturated rings. The molecule has 0 aliphatic carbocycles. The van der Waals surface area contributed by atoms with E-state index in [4.69, 9.17) is 0 Å². The lowest BCUT2D eigenvalue weighted by Gasteiger charge is -2.18. The molecule has 1 amide bonds. The van der Waals surface area contributed by atoms with Gasteiger partial charge in [0.25, 0.3) is 0 Å². The van der Waals surface area contributed by atoms with Gasteiger partial charge in [-0.25, -0.2) is 0 Å². The second-order valence-corrected chi connectivity index (χ2v) is 2.84. The van der Waals surface area contributed by atoms with E-state index < -0.39 is 0 Å². The Hall–Kier alpha value is -0.860. The minimum Gasteiger partial charge on any atom is -0.304 e. The van der Waals surface area contributed by atoms with Gasteiger partial charge in [-0.2, -0.15) is 0 Å². The van der Waals surface area contributed by atoms with Gasteiger partial charge in [-0.05, 0) is 19.8 Å². The van der Waals surface area contributed by atoms with Gasteiger partial charge in [-0.1, -0.05) is 0 Å². The maximum Gasteiger partial charge on any atom is 0.227 e. The van der Waals surface area contributed by atoms with Gasteiger partial charge in [0.15, 0.2) is 0 Å². The monoisotopic (exact) mass is 154 g/mol. The maximum absolute atomic E-state index is 11.2. The van der Waals surface area contributed by atoms with Crippen molar-refractivity contribution in [3.63, 3.8) is 0 Å². The Morgan fingerprint density at radius 3 is 2.91 bits per heavy atom. The third-order valence-corrected chi connectivity index (χ3v) is 2.00. The number of aliphatic imine (C=N–C) groups is 1. The number of nitrogens with zero attached hydrogens (tertiary/aromatic N) is 2. The molecule has 0 N–H and O–H groups in total. The molecule has 3 heteroatoms. The lowest BCUT2D eigenvalue weighted by Crippen LogP contribution is -2.32. The standard InChI is InChI=1S/C8H14N2O/c1-7-9-6-4-3-5-8(11)10(7)2/h3-6H2,1-2H3. The van der Waals surface area contributed by atoms with Crippen LogP contribution in [0.5, 0.6) is 0 Å². The number of carbonyl (C=O) groups excluding carboxylic acids is 1. The first-order valence-electron chi connectivity index (χ1n) is 3.99. The van der Waals surface area contributed by atoms with Crippen LogP contribution >= 0.6 is 0 Å². The molecular formula is C8H14N2O. The lowest BCUT2D eigenvalue weighted by molar-refractivity contribution is -0.126. The third kappa shape index (κ3) is 2.03. The predicted octanol–water partition coefficient (Wildman–Crippen LogP) is 1.05. The zero-order valence-electron chi connectivity index (χ0n) is 7.13. The van der Waals surface area contributed by atoms with Gasteiger partial charge in [0, 0.05) is 20.0 Å². The smallest absolute Gasteiger partial charge is 0.227 e. The fourth-order valence-electron chi connectivity index (χ4n) is 1.08. The minimum atomic E-state index is 0.186. The van der Waals surface area contributed by atoms with Crippen LogP contribution in [0.4, 0.5) is 0 Å². The fourth-order valence-corrected chi connectivity index (χ4v) is 1.08. The first-order valence-corrected chi connectivity index (χ1v) is 3.99. The molecule has 0 unspecified atom stereocenters. The topological polar surface area (TPSA) is 32.7 Å². The van der Waals surface area contributed by atoms with Crippen LogP contribution in [0.1, 0.15) is 26.2 Å². The summed E-state index contributed by atoms with van der Waals surface area (Å²) in [7, 11) is 1.78. The molecular weight excluding hydrogens is 140 g/mol. The molecule has 1 aliphatic rings. The molecule has 0 aromatic rings. The lowest BCUT2D eigenvalue weighted by atomic mass is 10.2. The van der Waals surface area contributed by atoms with E-state index in [-0.39, 0.29) is 5.91 Å². The number of amidine groups is 1. The van der Waals surface area contributed by atoms with Crippen molar-refractivity contribution in [2.45, 2.75) is 26.2 Å². The van der Waals surface area contributed by atoms with Crippen LogP contribution in [0.25, 0.3) is 0 Å². The van der Waals surface area contributed by atoms with Crippen LogP contribution < -0.4 is 0 Å². The van der Waals surface area contributed by atoms with Crippen LogP contribution in [0, 0.1) is 0 Å². The Morgan fingerprint density at radius 1 is 1.45 bits per heavy atom. The summed E-state index contributed by atoms with van der Waals surface area (Å²) in [6.07, 6.45) is 2.68. The van der Waals surface area contributed by atoms with E-state index >= 15 is 0 Å². The van der Waals surface area contributed by atoms with Crippen molar-refractivity contribution >= 4 is 11.7 Å². The van der Waals surface area contributed by atoms with Gasteiger partial charge in [-0.15, -0.1) is 0 Å². The molecule has 0 saturated carbocycles. The second-order valence-electron chi connectivity index (χ2n) is 2.84. The van der Waals surface area contributed by atoms with Gasteiger partial charge in [0.1, 0.15) is 5.84 Å². The fraction of sp³-hybridized carbons (Fsp3) is 0.750. The number of hydrogen-bond acceptors (Lipinski definition) is 2. The maximum atomic E-state index is 11.2. The summed E-state index contributed by atoms with van der Waals surface area (Å²) in [6.45, 7) is 2.74. The molecule has 11 heavy (non-hydrogen) atoms. The van der Waals surface area contributed by atoms with Crippen molar-refractivity contribution in [3.8, 4) is 0 Å². The molecule has 0 aromatic carbocycles. The Bertz CT molecular complexity index is 187. The summed E-state index contributed by atoms with van der Waals surface area (Å²) in [5, 5.41) is 0. The molecule has 0 atom stereocenters.